The highest BCUT2D eigenvalue weighted by Gasteiger charge is 2.04. The predicted octanol–water partition coefficient (Wildman–Crippen LogP) is 3.18. The van der Waals surface area contributed by atoms with Crippen LogP contribution in [-0.2, 0) is 11.2 Å². The Hall–Kier alpha value is -2.36. The summed E-state index contributed by atoms with van der Waals surface area (Å²) in [5, 5.41) is 2.81. The van der Waals surface area contributed by atoms with Crippen molar-refractivity contribution in [2.24, 2.45) is 0 Å². The molecule has 3 nitrogen and oxygen atoms in total. The number of halogens is 1. The number of ether oxygens (including phenoxy) is 1. The lowest BCUT2D eigenvalue weighted by Gasteiger charge is -2.08. The molecule has 4 heteroatoms. The summed E-state index contributed by atoms with van der Waals surface area (Å²) in [4.78, 5) is 11.8. The summed E-state index contributed by atoms with van der Waals surface area (Å²) in [5.41, 5.74) is 3.40. The number of carbonyl (C=O) groups is 1. The van der Waals surface area contributed by atoms with Crippen molar-refractivity contribution in [1.29, 1.82) is 0 Å². The van der Waals surface area contributed by atoms with Gasteiger partial charge < -0.3 is 10.1 Å². The molecule has 2 aromatic rings. The molecule has 0 aromatic heterocycles. The maximum Gasteiger partial charge on any atom is 0.224 e. The molecule has 0 bridgehead atoms. The first-order valence-electron chi connectivity index (χ1n) is 7.26. The van der Waals surface area contributed by atoms with Gasteiger partial charge in [-0.2, -0.15) is 0 Å². The van der Waals surface area contributed by atoms with E-state index in [0.717, 1.165) is 5.56 Å². The number of aryl methyl sites for hydroxylation is 2. The molecule has 0 unspecified atom stereocenters. The Morgan fingerprint density at radius 2 is 1.82 bits per heavy atom. The zero-order valence-electron chi connectivity index (χ0n) is 12.9. The van der Waals surface area contributed by atoms with Crippen molar-refractivity contribution in [3.63, 3.8) is 0 Å². The standard InChI is InChI=1S/C18H20FNO2/c1-13-3-4-15(11-14(13)2)12-18(21)20-9-10-22-17-7-5-16(19)6-8-17/h3-8,11H,9-10,12H2,1-2H3,(H,20,21). The van der Waals surface area contributed by atoms with E-state index < -0.39 is 0 Å². The van der Waals surface area contributed by atoms with Gasteiger partial charge in [0.15, 0.2) is 0 Å². The van der Waals surface area contributed by atoms with Crippen molar-refractivity contribution in [2.45, 2.75) is 20.3 Å². The number of rotatable bonds is 6. The average Bonchev–Trinajstić information content (AvgIpc) is 2.49. The Balaban J connectivity index is 1.71. The first kappa shape index (κ1) is 16.0. The summed E-state index contributed by atoms with van der Waals surface area (Å²) in [5.74, 6) is 0.254. The molecule has 0 saturated carbocycles. The third-order valence-corrected chi connectivity index (χ3v) is 3.44. The lowest BCUT2D eigenvalue weighted by Crippen LogP contribution is -2.29. The van der Waals surface area contributed by atoms with Crippen molar-refractivity contribution in [1.82, 2.24) is 5.32 Å². The largest absolute Gasteiger partial charge is 0.492 e. The molecule has 0 atom stereocenters. The predicted molar refractivity (Wildman–Crippen MR) is 84.5 cm³/mol. The Labute approximate surface area is 130 Å². The van der Waals surface area contributed by atoms with Gasteiger partial charge in [-0.3, -0.25) is 4.79 Å². The van der Waals surface area contributed by atoms with E-state index in [1.54, 1.807) is 12.1 Å². The average molecular weight is 301 g/mol. The summed E-state index contributed by atoms with van der Waals surface area (Å²) < 4.78 is 18.1. The van der Waals surface area contributed by atoms with E-state index in [0.29, 0.717) is 25.3 Å². The third kappa shape index (κ3) is 4.88. The minimum Gasteiger partial charge on any atom is -0.492 e. The van der Waals surface area contributed by atoms with Crippen molar-refractivity contribution < 1.29 is 13.9 Å². The molecule has 0 aliphatic heterocycles. The molecule has 0 heterocycles. The normalized spacial score (nSPS) is 10.3. The van der Waals surface area contributed by atoms with Crippen LogP contribution < -0.4 is 10.1 Å². The van der Waals surface area contributed by atoms with Gasteiger partial charge in [0.05, 0.1) is 13.0 Å². The van der Waals surface area contributed by atoms with Gasteiger partial charge in [0.2, 0.25) is 5.91 Å². The highest BCUT2D eigenvalue weighted by atomic mass is 19.1. The first-order chi connectivity index (χ1) is 10.5. The van der Waals surface area contributed by atoms with Crippen LogP contribution in [0.5, 0.6) is 5.75 Å². The summed E-state index contributed by atoms with van der Waals surface area (Å²) in [6.45, 7) is 4.85. The van der Waals surface area contributed by atoms with Gasteiger partial charge in [-0.15, -0.1) is 0 Å². The fourth-order valence-corrected chi connectivity index (χ4v) is 2.05. The summed E-state index contributed by atoms with van der Waals surface area (Å²) >= 11 is 0. The third-order valence-electron chi connectivity index (χ3n) is 3.44. The van der Waals surface area contributed by atoms with E-state index in [1.807, 2.05) is 32.0 Å². The van der Waals surface area contributed by atoms with E-state index in [9.17, 15) is 9.18 Å². The van der Waals surface area contributed by atoms with E-state index in [4.69, 9.17) is 4.74 Å². The van der Waals surface area contributed by atoms with Crippen molar-refractivity contribution in [3.05, 3.63) is 65.0 Å². The van der Waals surface area contributed by atoms with E-state index in [1.165, 1.54) is 23.3 Å². The van der Waals surface area contributed by atoms with Crippen LogP contribution in [0.3, 0.4) is 0 Å². The van der Waals surface area contributed by atoms with Crippen LogP contribution in [0.2, 0.25) is 0 Å². The first-order valence-corrected chi connectivity index (χ1v) is 7.26. The van der Waals surface area contributed by atoms with Gasteiger partial charge >= 0.3 is 0 Å². The second kappa shape index (κ2) is 7.59. The molecule has 2 rings (SSSR count). The minimum absolute atomic E-state index is 0.0361. The van der Waals surface area contributed by atoms with Gasteiger partial charge in [0.1, 0.15) is 18.2 Å². The number of nitrogens with one attached hydrogen (secondary N) is 1. The van der Waals surface area contributed by atoms with Gasteiger partial charge in [-0.05, 0) is 54.8 Å². The lowest BCUT2D eigenvalue weighted by molar-refractivity contribution is -0.120. The molecular weight excluding hydrogens is 281 g/mol. The van der Waals surface area contributed by atoms with Crippen LogP contribution in [-0.4, -0.2) is 19.1 Å². The molecule has 1 N–H and O–H groups in total. The lowest BCUT2D eigenvalue weighted by atomic mass is 10.0. The van der Waals surface area contributed by atoms with E-state index in [2.05, 4.69) is 5.32 Å². The number of hydrogen-bond donors (Lipinski definition) is 1. The van der Waals surface area contributed by atoms with Gasteiger partial charge in [-0.1, -0.05) is 18.2 Å². The number of benzene rings is 2. The zero-order chi connectivity index (χ0) is 15.9. The maximum absolute atomic E-state index is 12.7. The van der Waals surface area contributed by atoms with E-state index >= 15 is 0 Å². The smallest absolute Gasteiger partial charge is 0.224 e. The Morgan fingerprint density at radius 3 is 2.50 bits per heavy atom. The zero-order valence-corrected chi connectivity index (χ0v) is 12.9. The summed E-state index contributed by atoms with van der Waals surface area (Å²) in [6.07, 6.45) is 0.359. The molecule has 0 saturated heterocycles. The van der Waals surface area contributed by atoms with Crippen LogP contribution in [0.25, 0.3) is 0 Å². The second-order valence-corrected chi connectivity index (χ2v) is 5.25. The van der Waals surface area contributed by atoms with Crippen LogP contribution in [0.4, 0.5) is 4.39 Å². The Morgan fingerprint density at radius 1 is 1.09 bits per heavy atom. The number of carbonyl (C=O) groups excluding carboxylic acids is 1. The van der Waals surface area contributed by atoms with Crippen molar-refractivity contribution >= 4 is 5.91 Å². The van der Waals surface area contributed by atoms with Gasteiger partial charge in [-0.25, -0.2) is 4.39 Å². The Bertz CT molecular complexity index is 638. The Kier molecular flexibility index (Phi) is 5.53. The molecule has 116 valence electrons. The van der Waals surface area contributed by atoms with Crippen LogP contribution in [0, 0.1) is 19.7 Å². The highest BCUT2D eigenvalue weighted by Crippen LogP contribution is 2.11. The summed E-state index contributed by atoms with van der Waals surface area (Å²) in [6, 6.07) is 11.8. The number of hydrogen-bond acceptors (Lipinski definition) is 2. The molecule has 2 aromatic carbocycles. The molecule has 0 aliphatic carbocycles. The highest BCUT2D eigenvalue weighted by molar-refractivity contribution is 5.78. The molecule has 0 spiro atoms. The minimum atomic E-state index is -0.297. The molecule has 0 radical (unpaired) electrons. The number of amides is 1. The van der Waals surface area contributed by atoms with Crippen LogP contribution in [0.1, 0.15) is 16.7 Å². The quantitative estimate of drug-likeness (QED) is 0.832. The van der Waals surface area contributed by atoms with Crippen LogP contribution >= 0.6 is 0 Å². The SMILES string of the molecule is Cc1ccc(CC(=O)NCCOc2ccc(F)cc2)cc1C. The van der Waals surface area contributed by atoms with E-state index in [-0.39, 0.29) is 11.7 Å². The van der Waals surface area contributed by atoms with Crippen molar-refractivity contribution in [3.8, 4) is 5.75 Å². The van der Waals surface area contributed by atoms with Crippen LogP contribution in [0.15, 0.2) is 42.5 Å². The molecule has 0 aliphatic rings. The van der Waals surface area contributed by atoms with Gasteiger partial charge in [0.25, 0.3) is 0 Å². The van der Waals surface area contributed by atoms with Gasteiger partial charge in [0, 0.05) is 0 Å². The molecule has 22 heavy (non-hydrogen) atoms. The molecule has 0 fully saturated rings. The monoisotopic (exact) mass is 301 g/mol. The van der Waals surface area contributed by atoms with Crippen molar-refractivity contribution in [2.75, 3.05) is 13.2 Å². The topological polar surface area (TPSA) is 38.3 Å². The summed E-state index contributed by atoms with van der Waals surface area (Å²) in [7, 11) is 0. The molecule has 1 amide bonds. The second-order valence-electron chi connectivity index (χ2n) is 5.25. The fourth-order valence-electron chi connectivity index (χ4n) is 2.05. The molecular formula is C18H20FNO2. The maximum atomic E-state index is 12.7. The fraction of sp³-hybridized carbons (Fsp3) is 0.278.